The largest absolute Gasteiger partial charge is 0.416 e. The average molecular weight is 659 g/mol. The van der Waals surface area contributed by atoms with Crippen LogP contribution in [0.4, 0.5) is 18.9 Å². The number of aliphatic hydroxyl groups is 1. The van der Waals surface area contributed by atoms with Gasteiger partial charge in [-0.1, -0.05) is 42.5 Å². The van der Waals surface area contributed by atoms with E-state index in [1.54, 1.807) is 36.4 Å². The summed E-state index contributed by atoms with van der Waals surface area (Å²) in [6, 6.07) is 19.0. The molecule has 12 heteroatoms. The molecule has 0 saturated carbocycles. The Morgan fingerprint density at radius 3 is 2.37 bits per heavy atom. The van der Waals surface area contributed by atoms with Crippen molar-refractivity contribution < 1.29 is 32.2 Å². The first-order valence-corrected chi connectivity index (χ1v) is 17.0. The molecule has 8 nitrogen and oxygen atoms in total. The van der Waals surface area contributed by atoms with E-state index in [0.29, 0.717) is 42.7 Å². The molecule has 3 aromatic carbocycles. The van der Waals surface area contributed by atoms with Crippen molar-refractivity contribution in [1.82, 2.24) is 15.2 Å². The summed E-state index contributed by atoms with van der Waals surface area (Å²) in [6.07, 6.45) is -2.78. The molecular formula is C34H41F3N4O4S. The van der Waals surface area contributed by atoms with Gasteiger partial charge < -0.3 is 20.3 Å². The molecule has 1 aliphatic rings. The molecule has 2 atom stereocenters. The number of nitrogens with one attached hydrogen (secondary N) is 2. The molecule has 0 bridgehead atoms. The van der Waals surface area contributed by atoms with E-state index in [2.05, 4.69) is 10.6 Å². The number of aliphatic hydroxyl groups excluding tert-OH is 1. The highest BCUT2D eigenvalue weighted by molar-refractivity contribution is 8.25. The lowest BCUT2D eigenvalue weighted by atomic mass is 9.92. The molecule has 1 amide bonds. The number of amides is 1. The molecule has 0 aliphatic carbocycles. The summed E-state index contributed by atoms with van der Waals surface area (Å²) in [5, 5.41) is 18.4. The number of rotatable bonds is 11. The topological polar surface area (TPSA) is 110 Å². The molecule has 1 aromatic heterocycles. The highest BCUT2D eigenvalue weighted by Crippen LogP contribution is 2.52. The molecule has 248 valence electrons. The minimum Gasteiger partial charge on any atom is -0.390 e. The number of aromatic nitrogens is 1. The molecule has 1 saturated heterocycles. The van der Waals surface area contributed by atoms with Crippen LogP contribution in [0.5, 0.6) is 0 Å². The van der Waals surface area contributed by atoms with E-state index in [1.807, 2.05) is 54.1 Å². The van der Waals surface area contributed by atoms with Crippen LogP contribution in [0.1, 0.15) is 54.2 Å². The first kappa shape index (κ1) is 33.8. The monoisotopic (exact) mass is 658 g/mol. The average Bonchev–Trinajstić information content (AvgIpc) is 3.61. The number of hydrogen-bond donors (Lipinski definition) is 5. The molecule has 0 radical (unpaired) electrons. The Morgan fingerprint density at radius 1 is 1.00 bits per heavy atom. The van der Waals surface area contributed by atoms with Crippen LogP contribution in [0.3, 0.4) is 0 Å². The van der Waals surface area contributed by atoms with E-state index in [-0.39, 0.29) is 12.3 Å². The van der Waals surface area contributed by atoms with Crippen molar-refractivity contribution in [3.63, 3.8) is 0 Å². The van der Waals surface area contributed by atoms with Crippen molar-refractivity contribution in [3.05, 3.63) is 101 Å². The van der Waals surface area contributed by atoms with E-state index >= 15 is 0 Å². The molecule has 5 rings (SSSR count). The highest BCUT2D eigenvalue weighted by Gasteiger charge is 2.34. The highest BCUT2D eigenvalue weighted by atomic mass is 32.3. The zero-order valence-corrected chi connectivity index (χ0v) is 26.9. The molecule has 1 fully saturated rings. The van der Waals surface area contributed by atoms with Crippen LogP contribution >= 0.6 is 10.8 Å². The second kappa shape index (κ2) is 13.3. The fourth-order valence-corrected chi connectivity index (χ4v) is 7.54. The third-order valence-electron chi connectivity index (χ3n) is 8.61. The van der Waals surface area contributed by atoms with Gasteiger partial charge in [-0.2, -0.15) is 13.2 Å². The smallest absolute Gasteiger partial charge is 0.390 e. The van der Waals surface area contributed by atoms with Gasteiger partial charge >= 0.3 is 6.18 Å². The van der Waals surface area contributed by atoms with Crippen molar-refractivity contribution in [2.75, 3.05) is 23.1 Å². The van der Waals surface area contributed by atoms with Crippen molar-refractivity contribution in [2.24, 2.45) is 0 Å². The zero-order chi connectivity index (χ0) is 33.3. The Bertz CT molecular complexity index is 1680. The van der Waals surface area contributed by atoms with Gasteiger partial charge in [-0.25, -0.2) is 0 Å². The maximum atomic E-state index is 13.9. The lowest BCUT2D eigenvalue weighted by Crippen LogP contribution is -2.51. The Balaban J connectivity index is 1.41. The molecular weight excluding hydrogens is 617 g/mol. The Hall–Kier alpha value is -3.55. The Morgan fingerprint density at radius 2 is 1.72 bits per heavy atom. The van der Waals surface area contributed by atoms with Gasteiger partial charge in [0.05, 0.1) is 34.7 Å². The first-order valence-electron chi connectivity index (χ1n) is 15.3. The molecule has 5 N–H and O–H groups in total. The number of halogens is 3. The number of carbonyl (C=O) groups excluding carboxylic acids is 1. The molecule has 46 heavy (non-hydrogen) atoms. The maximum absolute atomic E-state index is 13.9. The Labute approximate surface area is 268 Å². The second-order valence-electron chi connectivity index (χ2n) is 12.2. The zero-order valence-electron chi connectivity index (χ0n) is 26.1. The van der Waals surface area contributed by atoms with Crippen LogP contribution in [-0.2, 0) is 24.7 Å². The predicted octanol–water partition coefficient (Wildman–Crippen LogP) is 6.78. The van der Waals surface area contributed by atoms with E-state index in [4.69, 9.17) is 0 Å². The van der Waals surface area contributed by atoms with Crippen LogP contribution in [-0.4, -0.2) is 55.7 Å². The van der Waals surface area contributed by atoms with E-state index in [1.165, 1.54) is 6.07 Å². The standard InChI is InChI=1S/C34H41F3N4O4S/c1-4-40-16-14-27-29(40)19-24(20-30(27)41-15-9-17-46(41,44)45)32(43)39-28(18-23-10-6-5-7-11-23)31(42)22-38-33(2,3)25-12-8-13-26(21-25)34(35,36)37/h5-8,10-14,16,19-21,28,31,38,42,44-45H,4,9,15,17-18,22H2,1-3H3,(H,39,43)/t28-,31+/m0/s1. The van der Waals surface area contributed by atoms with Gasteiger partial charge in [0.1, 0.15) is 0 Å². The van der Waals surface area contributed by atoms with Crippen LogP contribution in [0.15, 0.2) is 79.0 Å². The third kappa shape index (κ3) is 7.37. The molecule has 0 spiro atoms. The summed E-state index contributed by atoms with van der Waals surface area (Å²) >= 11 is 0. The van der Waals surface area contributed by atoms with Gasteiger partial charge in [-0.05, 0) is 75.1 Å². The Kier molecular flexibility index (Phi) is 9.76. The molecule has 4 aromatic rings. The van der Waals surface area contributed by atoms with Gasteiger partial charge in [-0.3, -0.25) is 18.2 Å². The summed E-state index contributed by atoms with van der Waals surface area (Å²) in [4.78, 5) is 13.9. The van der Waals surface area contributed by atoms with Crippen LogP contribution in [0.25, 0.3) is 10.9 Å². The number of alkyl halides is 3. The van der Waals surface area contributed by atoms with E-state index < -0.39 is 46.1 Å². The fraction of sp³-hybridized carbons (Fsp3) is 0.382. The summed E-state index contributed by atoms with van der Waals surface area (Å²) in [5.41, 5.74) is 1.26. The lowest BCUT2D eigenvalue weighted by molar-refractivity contribution is -0.137. The van der Waals surface area contributed by atoms with Gasteiger partial charge in [-0.15, -0.1) is 10.8 Å². The summed E-state index contributed by atoms with van der Waals surface area (Å²) < 4.78 is 65.2. The van der Waals surface area contributed by atoms with Gasteiger partial charge in [0.25, 0.3) is 5.91 Å². The number of benzene rings is 3. The minimum absolute atomic E-state index is 0.0152. The third-order valence-corrected chi connectivity index (χ3v) is 10.5. The number of carbonyl (C=O) groups is 1. The summed E-state index contributed by atoms with van der Waals surface area (Å²) in [5.74, 6) is -0.186. The predicted molar refractivity (Wildman–Crippen MR) is 177 cm³/mol. The van der Waals surface area contributed by atoms with Gasteiger partial charge in [0.15, 0.2) is 0 Å². The van der Waals surface area contributed by atoms with Crippen LogP contribution in [0, 0.1) is 0 Å². The van der Waals surface area contributed by atoms with Crippen molar-refractivity contribution >= 4 is 33.3 Å². The summed E-state index contributed by atoms with van der Waals surface area (Å²) in [6.45, 7) is 6.54. The minimum atomic E-state index is -4.48. The first-order chi connectivity index (χ1) is 21.7. The second-order valence-corrected chi connectivity index (χ2v) is 14.4. The molecule has 2 heterocycles. The number of nitrogens with zero attached hydrogens (tertiary/aromatic N) is 2. The molecule has 0 unspecified atom stereocenters. The number of hydrogen-bond acceptors (Lipinski definition) is 6. The SMILES string of the molecule is CCn1ccc2c(N3CCCS3(O)O)cc(C(=O)N[C@@H](Cc3ccccc3)[C@H](O)CNC(C)(C)c3cccc(C(F)(F)F)c3)cc21. The number of fused-ring (bicyclic) bond motifs is 1. The van der Waals surface area contributed by atoms with Gasteiger partial charge in [0.2, 0.25) is 0 Å². The van der Waals surface area contributed by atoms with E-state index in [9.17, 15) is 32.2 Å². The number of aryl methyl sites for hydroxylation is 1. The quantitative estimate of drug-likeness (QED) is 0.122. The lowest BCUT2D eigenvalue weighted by Gasteiger charge is -2.38. The van der Waals surface area contributed by atoms with Crippen LogP contribution < -0.4 is 14.9 Å². The molecule has 1 aliphatic heterocycles. The van der Waals surface area contributed by atoms with Crippen molar-refractivity contribution in [3.8, 4) is 0 Å². The van der Waals surface area contributed by atoms with Gasteiger partial charge in [0, 0.05) is 42.3 Å². The van der Waals surface area contributed by atoms with Crippen molar-refractivity contribution in [2.45, 2.75) is 64.0 Å². The number of anilines is 1. The van der Waals surface area contributed by atoms with Crippen LogP contribution in [0.2, 0.25) is 0 Å². The maximum Gasteiger partial charge on any atom is 0.416 e. The fourth-order valence-electron chi connectivity index (χ4n) is 5.92. The van der Waals surface area contributed by atoms with E-state index in [0.717, 1.165) is 28.6 Å². The van der Waals surface area contributed by atoms with Crippen molar-refractivity contribution in [1.29, 1.82) is 0 Å². The summed E-state index contributed by atoms with van der Waals surface area (Å²) in [7, 11) is -3.02. The normalized spacial score (nSPS) is 17.2.